The smallest absolute Gasteiger partial charge is 0.120 e. The molecule has 1 heterocycles. The average Bonchev–Trinajstić information content (AvgIpc) is 2.44. The van der Waals surface area contributed by atoms with Crippen molar-refractivity contribution in [2.24, 2.45) is 0 Å². The Morgan fingerprint density at radius 1 is 1.47 bits per heavy atom. The van der Waals surface area contributed by atoms with Gasteiger partial charge in [-0.25, -0.2) is 0 Å². The zero-order valence-electron chi connectivity index (χ0n) is 11.5. The van der Waals surface area contributed by atoms with Gasteiger partial charge in [0.15, 0.2) is 0 Å². The van der Waals surface area contributed by atoms with Crippen molar-refractivity contribution in [1.29, 1.82) is 5.26 Å². The summed E-state index contributed by atoms with van der Waals surface area (Å²) in [5.74, 6) is 1.99. The molecule has 0 aliphatic carbocycles. The minimum atomic E-state index is 0.604. The molecule has 0 saturated carbocycles. The van der Waals surface area contributed by atoms with Crippen molar-refractivity contribution in [3.63, 3.8) is 0 Å². The van der Waals surface area contributed by atoms with Gasteiger partial charge in [0.05, 0.1) is 11.6 Å². The van der Waals surface area contributed by atoms with Crippen LogP contribution in [0.3, 0.4) is 0 Å². The van der Waals surface area contributed by atoms with Gasteiger partial charge in [0.1, 0.15) is 12.4 Å². The lowest BCUT2D eigenvalue weighted by molar-refractivity contribution is 0.170. The molecule has 1 aliphatic heterocycles. The summed E-state index contributed by atoms with van der Waals surface area (Å²) in [7, 11) is 0. The van der Waals surface area contributed by atoms with Crippen LogP contribution in [0.25, 0.3) is 0 Å². The summed E-state index contributed by atoms with van der Waals surface area (Å²) < 4.78 is 5.74. The third-order valence-corrected chi connectivity index (χ3v) is 4.96. The van der Waals surface area contributed by atoms with Crippen molar-refractivity contribution in [2.75, 3.05) is 25.4 Å². The number of nitrogens with zero attached hydrogens (tertiary/aromatic N) is 2. The highest BCUT2D eigenvalue weighted by Crippen LogP contribution is 2.23. The van der Waals surface area contributed by atoms with E-state index in [0.717, 1.165) is 18.8 Å². The Morgan fingerprint density at radius 2 is 2.32 bits per heavy atom. The fraction of sp³-hybridized carbons (Fsp3) is 0.533. The van der Waals surface area contributed by atoms with Gasteiger partial charge in [-0.15, -0.1) is 0 Å². The fourth-order valence-electron chi connectivity index (χ4n) is 2.25. The lowest BCUT2D eigenvalue weighted by Gasteiger charge is -2.37. The summed E-state index contributed by atoms with van der Waals surface area (Å²) in [6.07, 6.45) is 0. The van der Waals surface area contributed by atoms with E-state index in [-0.39, 0.29) is 0 Å². The summed E-state index contributed by atoms with van der Waals surface area (Å²) in [6, 6.07) is 10.1. The summed E-state index contributed by atoms with van der Waals surface area (Å²) in [5, 5.41) is 9.53. The first-order chi connectivity index (χ1) is 9.20. The number of thioether (sulfide) groups is 1. The highest BCUT2D eigenvalue weighted by atomic mass is 32.2. The molecule has 1 aromatic carbocycles. The molecule has 4 heteroatoms. The Morgan fingerprint density at radius 3 is 3.11 bits per heavy atom. The van der Waals surface area contributed by atoms with E-state index in [1.165, 1.54) is 5.75 Å². The predicted molar refractivity (Wildman–Crippen MR) is 79.6 cm³/mol. The summed E-state index contributed by atoms with van der Waals surface area (Å²) in [4.78, 5) is 2.48. The standard InChI is InChI=1S/C15H20N2OS/c1-12-13(2)19-9-7-17(12)6-8-18-15-5-3-4-14(10-15)11-16/h3-5,10,12-13H,6-9H2,1-2H3. The Balaban J connectivity index is 1.81. The summed E-state index contributed by atoms with van der Waals surface area (Å²) in [6.45, 7) is 7.34. The Kier molecular flexibility index (Phi) is 5.12. The van der Waals surface area contributed by atoms with Crippen molar-refractivity contribution in [1.82, 2.24) is 4.90 Å². The minimum absolute atomic E-state index is 0.604. The number of benzene rings is 1. The SMILES string of the molecule is CC1SCCN(CCOc2cccc(C#N)c2)C1C. The first-order valence-corrected chi connectivity index (χ1v) is 7.74. The summed E-state index contributed by atoms with van der Waals surface area (Å²) in [5.41, 5.74) is 0.647. The second-order valence-electron chi connectivity index (χ2n) is 4.84. The monoisotopic (exact) mass is 276 g/mol. The van der Waals surface area contributed by atoms with Crippen molar-refractivity contribution >= 4 is 11.8 Å². The highest BCUT2D eigenvalue weighted by molar-refractivity contribution is 8.00. The molecular weight excluding hydrogens is 256 g/mol. The summed E-state index contributed by atoms with van der Waals surface area (Å²) >= 11 is 2.05. The zero-order chi connectivity index (χ0) is 13.7. The van der Waals surface area contributed by atoms with Gasteiger partial charge in [-0.1, -0.05) is 13.0 Å². The molecule has 1 aromatic rings. The van der Waals surface area contributed by atoms with Crippen LogP contribution in [0.4, 0.5) is 0 Å². The van der Waals surface area contributed by atoms with Crippen LogP contribution in [0.1, 0.15) is 19.4 Å². The van der Waals surface area contributed by atoms with E-state index in [2.05, 4.69) is 24.8 Å². The Bertz CT molecular complexity index is 458. The average molecular weight is 276 g/mol. The van der Waals surface area contributed by atoms with Crippen LogP contribution in [0.15, 0.2) is 24.3 Å². The van der Waals surface area contributed by atoms with Crippen LogP contribution in [0, 0.1) is 11.3 Å². The van der Waals surface area contributed by atoms with E-state index >= 15 is 0 Å². The van der Waals surface area contributed by atoms with Gasteiger partial charge in [-0.2, -0.15) is 17.0 Å². The molecule has 0 spiro atoms. The lowest BCUT2D eigenvalue weighted by atomic mass is 10.2. The van der Waals surface area contributed by atoms with Crippen molar-refractivity contribution < 1.29 is 4.74 Å². The quantitative estimate of drug-likeness (QED) is 0.847. The van der Waals surface area contributed by atoms with Gasteiger partial charge in [0, 0.05) is 30.1 Å². The van der Waals surface area contributed by atoms with Gasteiger partial charge in [-0.3, -0.25) is 4.90 Å². The lowest BCUT2D eigenvalue weighted by Crippen LogP contribution is -2.46. The first-order valence-electron chi connectivity index (χ1n) is 6.69. The van der Waals surface area contributed by atoms with Gasteiger partial charge in [0.25, 0.3) is 0 Å². The second kappa shape index (κ2) is 6.83. The Hall–Kier alpha value is -1.18. The highest BCUT2D eigenvalue weighted by Gasteiger charge is 2.24. The normalized spacial score (nSPS) is 23.8. The third kappa shape index (κ3) is 3.89. The molecule has 19 heavy (non-hydrogen) atoms. The number of ether oxygens (including phenoxy) is 1. The van der Waals surface area contributed by atoms with Gasteiger partial charge in [-0.05, 0) is 25.1 Å². The number of hydrogen-bond acceptors (Lipinski definition) is 4. The molecule has 0 amide bonds. The molecule has 2 atom stereocenters. The molecule has 1 fully saturated rings. The molecule has 0 N–H and O–H groups in total. The maximum Gasteiger partial charge on any atom is 0.120 e. The van der Waals surface area contributed by atoms with E-state index in [1.54, 1.807) is 12.1 Å². The topological polar surface area (TPSA) is 36.3 Å². The molecule has 2 unspecified atom stereocenters. The number of rotatable bonds is 4. The van der Waals surface area contributed by atoms with Crippen LogP contribution < -0.4 is 4.74 Å². The molecule has 0 aromatic heterocycles. The van der Waals surface area contributed by atoms with E-state index in [0.29, 0.717) is 23.5 Å². The van der Waals surface area contributed by atoms with Crippen molar-refractivity contribution in [3.05, 3.63) is 29.8 Å². The molecule has 102 valence electrons. The number of hydrogen-bond donors (Lipinski definition) is 0. The van der Waals surface area contributed by atoms with E-state index in [9.17, 15) is 0 Å². The van der Waals surface area contributed by atoms with Crippen LogP contribution in [-0.4, -0.2) is 41.6 Å². The van der Waals surface area contributed by atoms with E-state index in [1.807, 2.05) is 23.9 Å². The van der Waals surface area contributed by atoms with Crippen LogP contribution in [0.2, 0.25) is 0 Å². The van der Waals surface area contributed by atoms with E-state index in [4.69, 9.17) is 10.00 Å². The molecular formula is C15H20N2OS. The molecule has 0 radical (unpaired) electrons. The largest absolute Gasteiger partial charge is 0.492 e. The van der Waals surface area contributed by atoms with Gasteiger partial charge in [0.2, 0.25) is 0 Å². The first kappa shape index (κ1) is 14.2. The molecule has 1 saturated heterocycles. The maximum atomic E-state index is 8.84. The minimum Gasteiger partial charge on any atom is -0.492 e. The van der Waals surface area contributed by atoms with Crippen LogP contribution >= 0.6 is 11.8 Å². The molecule has 1 aliphatic rings. The molecule has 3 nitrogen and oxygen atoms in total. The number of nitriles is 1. The predicted octanol–water partition coefficient (Wildman–Crippen LogP) is 2.76. The fourth-order valence-corrected chi connectivity index (χ4v) is 3.41. The van der Waals surface area contributed by atoms with Crippen LogP contribution in [-0.2, 0) is 0 Å². The van der Waals surface area contributed by atoms with Gasteiger partial charge < -0.3 is 4.74 Å². The van der Waals surface area contributed by atoms with E-state index < -0.39 is 0 Å². The van der Waals surface area contributed by atoms with Crippen molar-refractivity contribution in [2.45, 2.75) is 25.1 Å². The molecule has 0 bridgehead atoms. The Labute approximate surface area is 119 Å². The maximum absolute atomic E-state index is 8.84. The van der Waals surface area contributed by atoms with Crippen molar-refractivity contribution in [3.8, 4) is 11.8 Å². The van der Waals surface area contributed by atoms with Gasteiger partial charge >= 0.3 is 0 Å². The van der Waals surface area contributed by atoms with Crippen LogP contribution in [0.5, 0.6) is 5.75 Å². The third-order valence-electron chi connectivity index (χ3n) is 3.62. The molecule has 2 rings (SSSR count). The zero-order valence-corrected chi connectivity index (χ0v) is 12.3. The second-order valence-corrected chi connectivity index (χ2v) is 6.33.